The van der Waals surface area contributed by atoms with Crippen LogP contribution in [0.5, 0.6) is 0 Å². The topological polar surface area (TPSA) is 80.7 Å². The number of nitrogens with zero attached hydrogens (tertiary/aromatic N) is 1. The Bertz CT molecular complexity index is 380. The van der Waals surface area contributed by atoms with Gasteiger partial charge < -0.3 is 16.5 Å². The number of aromatic amines is 1. The van der Waals surface area contributed by atoms with Gasteiger partial charge in [-0.25, -0.2) is 4.98 Å². The van der Waals surface area contributed by atoms with Crippen LogP contribution in [0, 0.1) is 6.92 Å². The van der Waals surface area contributed by atoms with Crippen LogP contribution in [0.3, 0.4) is 0 Å². The third-order valence-electron chi connectivity index (χ3n) is 1.96. The lowest BCUT2D eigenvalue weighted by molar-refractivity contribution is 0.996. The van der Waals surface area contributed by atoms with Gasteiger partial charge in [0.05, 0.1) is 0 Å². The van der Waals surface area contributed by atoms with Gasteiger partial charge >= 0.3 is 0 Å². The van der Waals surface area contributed by atoms with Gasteiger partial charge in [0.1, 0.15) is 5.82 Å². The Morgan fingerprint density at radius 2 is 2.13 bits per heavy atom. The molecule has 2 aromatic rings. The molecule has 2 aromatic heterocycles. The first-order chi connectivity index (χ1) is 7.24. The molecule has 0 fully saturated rings. The minimum absolute atomic E-state index is 0.572. The Morgan fingerprint density at radius 1 is 1.33 bits per heavy atom. The number of pyridine rings is 1. The predicted molar refractivity (Wildman–Crippen MR) is 62.1 cm³/mol. The molecule has 0 radical (unpaired) electrons. The zero-order chi connectivity index (χ0) is 11.1. The van der Waals surface area contributed by atoms with Gasteiger partial charge in [-0.15, -0.1) is 0 Å². The largest absolute Gasteiger partial charge is 0.384 e. The number of nitrogens with two attached hydrogens (primary N) is 2. The highest BCUT2D eigenvalue weighted by Crippen LogP contribution is 2.01. The number of hydrogen-bond donors (Lipinski definition) is 3. The standard InChI is InChI=1S/C6H10N2.C5H6N2/c1-5-2-3-8-6(5)4-7;6-5-3-1-2-4-7-5/h2-3,8H,4,7H2,1H3;1-4H,(H2,6,7). The maximum atomic E-state index is 5.36. The van der Waals surface area contributed by atoms with Crippen LogP contribution in [0.1, 0.15) is 11.3 Å². The zero-order valence-electron chi connectivity index (χ0n) is 8.77. The molecule has 4 heteroatoms. The zero-order valence-corrected chi connectivity index (χ0v) is 8.77. The summed E-state index contributed by atoms with van der Waals surface area (Å²) in [5, 5.41) is 0. The first kappa shape index (κ1) is 11.3. The SMILES string of the molecule is Cc1cc[nH]c1CN.Nc1ccccn1. The second-order valence-electron chi connectivity index (χ2n) is 3.10. The van der Waals surface area contributed by atoms with Crippen molar-refractivity contribution in [2.24, 2.45) is 5.73 Å². The fraction of sp³-hybridized carbons (Fsp3) is 0.182. The van der Waals surface area contributed by atoms with Crippen molar-refractivity contribution in [1.82, 2.24) is 9.97 Å². The molecule has 0 saturated heterocycles. The fourth-order valence-corrected chi connectivity index (χ4v) is 1.08. The lowest BCUT2D eigenvalue weighted by Gasteiger charge is -1.89. The molecule has 0 aliphatic carbocycles. The van der Waals surface area contributed by atoms with Gasteiger partial charge in [0, 0.05) is 24.6 Å². The molecule has 0 aliphatic rings. The molecule has 0 atom stereocenters. The molecule has 0 spiro atoms. The Hall–Kier alpha value is -1.81. The molecular weight excluding hydrogens is 188 g/mol. The maximum Gasteiger partial charge on any atom is 0.123 e. The number of aromatic nitrogens is 2. The summed E-state index contributed by atoms with van der Waals surface area (Å²) in [6.45, 7) is 2.65. The Balaban J connectivity index is 0.000000151. The van der Waals surface area contributed by atoms with Crippen LogP contribution in [0.15, 0.2) is 36.7 Å². The maximum absolute atomic E-state index is 5.36. The molecule has 4 nitrogen and oxygen atoms in total. The fourth-order valence-electron chi connectivity index (χ4n) is 1.08. The van der Waals surface area contributed by atoms with E-state index in [1.807, 2.05) is 31.3 Å². The van der Waals surface area contributed by atoms with E-state index in [1.54, 1.807) is 12.3 Å². The highest BCUT2D eigenvalue weighted by atomic mass is 14.8. The first-order valence-electron chi connectivity index (χ1n) is 4.73. The van der Waals surface area contributed by atoms with Gasteiger partial charge in [-0.1, -0.05) is 6.07 Å². The van der Waals surface area contributed by atoms with Crippen LogP contribution in [-0.4, -0.2) is 9.97 Å². The van der Waals surface area contributed by atoms with Gasteiger partial charge in [-0.2, -0.15) is 0 Å². The van der Waals surface area contributed by atoms with E-state index in [1.165, 1.54) is 5.56 Å². The summed E-state index contributed by atoms with van der Waals surface area (Å²) in [4.78, 5) is 6.79. The molecule has 2 heterocycles. The number of nitrogens with one attached hydrogen (secondary N) is 1. The van der Waals surface area contributed by atoms with Crippen LogP contribution in [0.25, 0.3) is 0 Å². The second-order valence-corrected chi connectivity index (χ2v) is 3.10. The summed E-state index contributed by atoms with van der Waals surface area (Å²) in [6.07, 6.45) is 3.56. The summed E-state index contributed by atoms with van der Waals surface area (Å²) >= 11 is 0. The molecule has 0 bridgehead atoms. The molecule has 0 aliphatic heterocycles. The van der Waals surface area contributed by atoms with Crippen molar-refractivity contribution in [3.8, 4) is 0 Å². The third kappa shape index (κ3) is 3.83. The molecule has 80 valence electrons. The number of anilines is 1. The van der Waals surface area contributed by atoms with Crippen molar-refractivity contribution in [2.75, 3.05) is 5.73 Å². The second kappa shape index (κ2) is 5.82. The van der Waals surface area contributed by atoms with E-state index in [0.29, 0.717) is 12.4 Å². The highest BCUT2D eigenvalue weighted by molar-refractivity contribution is 5.25. The number of nitrogen functional groups attached to an aromatic ring is 1. The lowest BCUT2D eigenvalue weighted by Crippen LogP contribution is -1.97. The lowest BCUT2D eigenvalue weighted by atomic mass is 10.3. The van der Waals surface area contributed by atoms with E-state index in [4.69, 9.17) is 11.5 Å². The van der Waals surface area contributed by atoms with Gasteiger partial charge in [0.2, 0.25) is 0 Å². The smallest absolute Gasteiger partial charge is 0.123 e. The van der Waals surface area contributed by atoms with E-state index in [9.17, 15) is 0 Å². The third-order valence-corrected chi connectivity index (χ3v) is 1.96. The van der Waals surface area contributed by atoms with Crippen molar-refractivity contribution in [1.29, 1.82) is 0 Å². The summed E-state index contributed by atoms with van der Waals surface area (Å²) in [7, 11) is 0. The molecule has 2 rings (SSSR count). The molecule has 5 N–H and O–H groups in total. The quantitative estimate of drug-likeness (QED) is 0.657. The normalized spacial score (nSPS) is 9.20. The predicted octanol–water partition coefficient (Wildman–Crippen LogP) is 1.45. The van der Waals surface area contributed by atoms with E-state index in [-0.39, 0.29) is 0 Å². The van der Waals surface area contributed by atoms with Crippen LogP contribution in [0.2, 0.25) is 0 Å². The van der Waals surface area contributed by atoms with E-state index >= 15 is 0 Å². The van der Waals surface area contributed by atoms with Crippen molar-refractivity contribution >= 4 is 5.82 Å². The molecule has 0 unspecified atom stereocenters. The van der Waals surface area contributed by atoms with Crippen LogP contribution in [-0.2, 0) is 6.54 Å². The summed E-state index contributed by atoms with van der Waals surface area (Å²) in [6, 6.07) is 7.45. The van der Waals surface area contributed by atoms with Gasteiger partial charge in [-0.3, -0.25) is 0 Å². The Kier molecular flexibility index (Phi) is 4.37. The molecule has 0 aromatic carbocycles. The van der Waals surface area contributed by atoms with E-state index in [2.05, 4.69) is 9.97 Å². The van der Waals surface area contributed by atoms with Gasteiger partial charge in [0.15, 0.2) is 0 Å². The minimum atomic E-state index is 0.572. The number of H-pyrrole nitrogens is 1. The van der Waals surface area contributed by atoms with Crippen molar-refractivity contribution in [2.45, 2.75) is 13.5 Å². The first-order valence-corrected chi connectivity index (χ1v) is 4.73. The van der Waals surface area contributed by atoms with Crippen LogP contribution in [0.4, 0.5) is 5.82 Å². The summed E-state index contributed by atoms with van der Waals surface area (Å²) in [5.41, 5.74) is 13.0. The number of hydrogen-bond acceptors (Lipinski definition) is 3. The van der Waals surface area contributed by atoms with E-state index in [0.717, 1.165) is 5.69 Å². The van der Waals surface area contributed by atoms with Crippen molar-refractivity contribution in [3.05, 3.63) is 47.9 Å². The molecule has 0 saturated carbocycles. The Labute approximate surface area is 89.3 Å². The molecule has 15 heavy (non-hydrogen) atoms. The summed E-state index contributed by atoms with van der Waals surface area (Å²) in [5.74, 6) is 0.572. The van der Waals surface area contributed by atoms with Gasteiger partial charge in [-0.05, 0) is 30.7 Å². The monoisotopic (exact) mass is 204 g/mol. The highest BCUT2D eigenvalue weighted by Gasteiger charge is 1.91. The molecular formula is C11H16N4. The minimum Gasteiger partial charge on any atom is -0.384 e. The van der Waals surface area contributed by atoms with Gasteiger partial charge in [0.25, 0.3) is 0 Å². The van der Waals surface area contributed by atoms with Crippen LogP contribution >= 0.6 is 0 Å². The number of aryl methyl sites for hydroxylation is 1. The number of rotatable bonds is 1. The molecule has 0 amide bonds. The van der Waals surface area contributed by atoms with Crippen LogP contribution < -0.4 is 11.5 Å². The average molecular weight is 204 g/mol. The summed E-state index contributed by atoms with van der Waals surface area (Å²) < 4.78 is 0. The Morgan fingerprint density at radius 3 is 2.40 bits per heavy atom. The van der Waals surface area contributed by atoms with Crippen molar-refractivity contribution in [3.63, 3.8) is 0 Å². The van der Waals surface area contributed by atoms with Crippen molar-refractivity contribution < 1.29 is 0 Å². The average Bonchev–Trinajstić information content (AvgIpc) is 2.66. The van der Waals surface area contributed by atoms with E-state index < -0.39 is 0 Å².